The first-order chi connectivity index (χ1) is 29.8. The first kappa shape index (κ1) is 58.4. The number of rotatable bonds is 26. The zero-order valence-corrected chi connectivity index (χ0v) is 42.6. The van der Waals surface area contributed by atoms with Crippen molar-refractivity contribution >= 4 is 47.2 Å². The molecule has 1 aliphatic rings. The number of amides is 6. The zero-order chi connectivity index (χ0) is 50.7. The van der Waals surface area contributed by atoms with E-state index in [2.05, 4.69) is 10.6 Å². The van der Waals surface area contributed by atoms with E-state index in [9.17, 15) is 48.6 Å². The highest BCUT2D eigenvalue weighted by Crippen LogP contribution is 2.35. The van der Waals surface area contributed by atoms with Crippen molar-refractivity contribution in [1.29, 1.82) is 0 Å². The lowest BCUT2D eigenvalue weighted by atomic mass is 9.78. The molecule has 1 rings (SSSR count). The van der Waals surface area contributed by atoms with Crippen LogP contribution in [-0.2, 0) is 38.4 Å². The molecule has 6 amide bonds. The smallest absolute Gasteiger partial charge is 0.340 e. The summed E-state index contributed by atoms with van der Waals surface area (Å²) in [6.07, 6.45) is 1.99. The Morgan fingerprint density at radius 1 is 0.600 bits per heavy atom. The number of nitrogens with one attached hydrogen (secondary N) is 2. The lowest BCUT2D eigenvalue weighted by molar-refractivity contribution is -0.168. The van der Waals surface area contributed by atoms with E-state index in [0.29, 0.717) is 25.0 Å². The van der Waals surface area contributed by atoms with Crippen molar-refractivity contribution < 1.29 is 48.6 Å². The summed E-state index contributed by atoms with van der Waals surface area (Å²) in [5.74, 6) is -6.87. The Balaban J connectivity index is 3.48. The van der Waals surface area contributed by atoms with E-state index in [0.717, 1.165) is 0 Å². The number of carbonyl (C=O) groups excluding carboxylic acids is 7. The van der Waals surface area contributed by atoms with Gasteiger partial charge >= 0.3 is 5.97 Å². The third-order valence-corrected chi connectivity index (χ3v) is 12.6. The fraction of sp³-hybridized carbons (Fsp3) is 0.787. The van der Waals surface area contributed by atoms with Gasteiger partial charge in [-0.2, -0.15) is 0 Å². The van der Waals surface area contributed by atoms with E-state index < -0.39 is 107 Å². The lowest BCUT2D eigenvalue weighted by Crippen LogP contribution is -2.70. The van der Waals surface area contributed by atoms with Gasteiger partial charge in [0.1, 0.15) is 30.2 Å². The lowest BCUT2D eigenvalue weighted by Gasteiger charge is -2.47. The summed E-state index contributed by atoms with van der Waals surface area (Å²) in [6.45, 7) is 22.4. The molecule has 0 heterocycles. The number of hydrogen-bond donors (Lipinski definition) is 5. The molecule has 1 aliphatic carbocycles. The van der Waals surface area contributed by atoms with Crippen LogP contribution in [0.3, 0.4) is 0 Å². The molecule has 8 unspecified atom stereocenters. The average Bonchev–Trinajstić information content (AvgIpc) is 3.17. The van der Waals surface area contributed by atoms with E-state index in [-0.39, 0.29) is 36.5 Å². The quantitative estimate of drug-likeness (QED) is 0.0787. The summed E-state index contributed by atoms with van der Waals surface area (Å²) in [5.41, 5.74) is 4.28. The van der Waals surface area contributed by atoms with Crippen LogP contribution in [0.2, 0.25) is 0 Å². The summed E-state index contributed by atoms with van der Waals surface area (Å²) in [6, 6.07) is -7.57. The van der Waals surface area contributed by atoms with Gasteiger partial charge in [0, 0.05) is 40.9 Å². The molecule has 65 heavy (non-hydrogen) atoms. The van der Waals surface area contributed by atoms with E-state index in [4.69, 9.17) is 5.73 Å². The van der Waals surface area contributed by atoms with E-state index in [1.807, 2.05) is 41.5 Å². The molecule has 0 aromatic rings. The average molecular weight is 921 g/mol. The number of aliphatic hydroxyl groups is 1. The fourth-order valence-corrected chi connectivity index (χ4v) is 8.33. The van der Waals surface area contributed by atoms with Crippen LogP contribution in [0, 0.1) is 29.6 Å². The SMILES string of the molecule is CC(C)CC(C(=O)N(C)C(CC(C)C)C(=O)N(C)C(C(=O)[C@@](C(=O)O)(C(C)O)N(C)C1=CCC1)C(C)C)N(C)C(=O)C(C)NC(=O)C(C)NC(=O)C(CC(C)C)N(C)C(=O)C(N)C(C)C. The van der Waals surface area contributed by atoms with Crippen LogP contribution in [0.5, 0.6) is 0 Å². The van der Waals surface area contributed by atoms with E-state index >= 15 is 0 Å². The minimum absolute atomic E-state index is 0.0247. The van der Waals surface area contributed by atoms with Crippen LogP contribution in [0.4, 0.5) is 0 Å². The van der Waals surface area contributed by atoms with Gasteiger partial charge in [0.25, 0.3) is 0 Å². The van der Waals surface area contributed by atoms with Gasteiger partial charge in [0.05, 0.1) is 18.2 Å². The van der Waals surface area contributed by atoms with Crippen molar-refractivity contribution in [3.63, 3.8) is 0 Å². The molecule has 0 aromatic heterocycles. The molecule has 18 heteroatoms. The third kappa shape index (κ3) is 14.2. The van der Waals surface area contributed by atoms with Crippen molar-refractivity contribution in [2.75, 3.05) is 35.2 Å². The maximum absolute atomic E-state index is 14.7. The van der Waals surface area contributed by atoms with Crippen molar-refractivity contribution in [3.8, 4) is 0 Å². The second-order valence-corrected chi connectivity index (χ2v) is 20.1. The highest BCUT2D eigenvalue weighted by Gasteiger charge is 2.58. The molecule has 0 fully saturated rings. The highest BCUT2D eigenvalue weighted by molar-refractivity contribution is 6.12. The minimum Gasteiger partial charge on any atom is -0.479 e. The van der Waals surface area contributed by atoms with Gasteiger partial charge in [-0.05, 0) is 82.5 Å². The van der Waals surface area contributed by atoms with Crippen LogP contribution in [0.25, 0.3) is 0 Å². The zero-order valence-electron chi connectivity index (χ0n) is 42.6. The number of Topliss-reactive ketones (excluding diaryl/α,β-unsaturated/α-hetero) is 1. The number of aliphatic hydroxyl groups excluding tert-OH is 1. The largest absolute Gasteiger partial charge is 0.479 e. The molecule has 18 nitrogen and oxygen atoms in total. The number of ketones is 1. The molecule has 0 saturated heterocycles. The number of allylic oxidation sites excluding steroid dienone is 2. The maximum Gasteiger partial charge on any atom is 0.340 e. The summed E-state index contributed by atoms with van der Waals surface area (Å²) >= 11 is 0. The topological polar surface area (TPSA) is 243 Å². The Kier molecular flexibility index (Phi) is 22.3. The predicted molar refractivity (Wildman–Crippen MR) is 250 cm³/mol. The van der Waals surface area contributed by atoms with Crippen LogP contribution >= 0.6 is 0 Å². The van der Waals surface area contributed by atoms with Crippen LogP contribution < -0.4 is 16.4 Å². The number of carboxylic acid groups (broad SMARTS) is 1. The molecule has 0 aromatic carbocycles. The predicted octanol–water partition coefficient (Wildman–Crippen LogP) is 2.46. The van der Waals surface area contributed by atoms with Crippen molar-refractivity contribution in [2.24, 2.45) is 35.3 Å². The molecular weight excluding hydrogens is 837 g/mol. The Bertz CT molecular complexity index is 1730. The number of hydrogen-bond acceptors (Lipinski definition) is 11. The number of carbonyl (C=O) groups is 8. The highest BCUT2D eigenvalue weighted by atomic mass is 16.4. The van der Waals surface area contributed by atoms with Crippen molar-refractivity contribution in [2.45, 2.75) is 176 Å². The summed E-state index contributed by atoms with van der Waals surface area (Å²) in [4.78, 5) is 118. The second kappa shape index (κ2) is 24.8. The Morgan fingerprint density at radius 2 is 1.00 bits per heavy atom. The van der Waals surface area contributed by atoms with Gasteiger partial charge in [-0.25, -0.2) is 4.79 Å². The van der Waals surface area contributed by atoms with Gasteiger partial charge in [0.15, 0.2) is 5.78 Å². The molecule has 0 radical (unpaired) electrons. The van der Waals surface area contributed by atoms with Crippen molar-refractivity contribution in [1.82, 2.24) is 35.1 Å². The fourth-order valence-electron chi connectivity index (χ4n) is 8.33. The van der Waals surface area contributed by atoms with Crippen molar-refractivity contribution in [3.05, 3.63) is 11.8 Å². The third-order valence-electron chi connectivity index (χ3n) is 12.6. The summed E-state index contributed by atoms with van der Waals surface area (Å²) in [5, 5.41) is 27.0. The minimum atomic E-state index is -2.42. The van der Waals surface area contributed by atoms with E-state index in [1.54, 1.807) is 33.8 Å². The first-order valence-electron chi connectivity index (χ1n) is 23.1. The standard InChI is InChI=1S/C47H84N8O10/c1-25(2)22-34(51(14)45(63)37(48)28(7)8)41(59)49-30(11)40(58)50-31(12)42(60)52(15)35(23-26(3)4)43(61)53(16)36(24-27(5)6)44(62)54(17)38(29(9)10)39(57)47(32(13)56,46(64)65)55(18)33-20-19-21-33/h20,25-32,34-38,56H,19,21-24,48H2,1-18H3,(H,49,59)(H,50,58)(H,64,65)/t30?,31?,32?,34?,35?,36?,37?,38?,47-/m1/s1. The van der Waals surface area contributed by atoms with Crippen LogP contribution in [-0.4, -0.2) is 171 Å². The molecule has 0 saturated carbocycles. The Labute approximate surface area is 388 Å². The molecule has 6 N–H and O–H groups in total. The maximum atomic E-state index is 14.7. The molecule has 0 bridgehead atoms. The molecular formula is C47H84N8O10. The summed E-state index contributed by atoms with van der Waals surface area (Å²) < 4.78 is 0. The summed E-state index contributed by atoms with van der Waals surface area (Å²) in [7, 11) is 7.25. The van der Waals surface area contributed by atoms with Gasteiger partial charge in [-0.1, -0.05) is 75.3 Å². The van der Waals surface area contributed by atoms with Crippen LogP contribution in [0.1, 0.15) is 122 Å². The number of aliphatic carboxylic acids is 1. The van der Waals surface area contributed by atoms with Gasteiger partial charge < -0.3 is 51.1 Å². The normalized spacial score (nSPS) is 17.3. The van der Waals surface area contributed by atoms with Gasteiger partial charge in [0.2, 0.25) is 41.0 Å². The number of nitrogens with two attached hydrogens (primary N) is 1. The van der Waals surface area contributed by atoms with E-state index in [1.165, 1.54) is 80.5 Å². The molecule has 372 valence electrons. The Hall–Kier alpha value is -4.58. The van der Waals surface area contributed by atoms with Gasteiger partial charge in [-0.3, -0.25) is 33.6 Å². The molecule has 9 atom stereocenters. The van der Waals surface area contributed by atoms with Crippen LogP contribution in [0.15, 0.2) is 11.8 Å². The molecule has 0 aliphatic heterocycles. The number of carboxylic acids is 1. The number of likely N-dealkylation sites (N-methyl/N-ethyl adjacent to an activating group) is 5. The molecule has 0 spiro atoms. The Morgan fingerprint density at radius 3 is 1.37 bits per heavy atom. The second-order valence-electron chi connectivity index (χ2n) is 20.1. The van der Waals surface area contributed by atoms with Gasteiger partial charge in [-0.15, -0.1) is 0 Å². The monoisotopic (exact) mass is 921 g/mol. The first-order valence-corrected chi connectivity index (χ1v) is 23.1. The number of nitrogens with zero attached hydrogens (tertiary/aromatic N) is 5.